The number of ether oxygens (including phenoxy) is 1. The topological polar surface area (TPSA) is 85.6 Å². The summed E-state index contributed by atoms with van der Waals surface area (Å²) in [5, 5.41) is 15.5. The summed E-state index contributed by atoms with van der Waals surface area (Å²) in [5.41, 5.74) is 1.50. The molecule has 34 heavy (non-hydrogen) atoms. The molecule has 0 saturated carbocycles. The second-order valence-electron chi connectivity index (χ2n) is 8.23. The molecule has 7 nitrogen and oxygen atoms in total. The van der Waals surface area contributed by atoms with Crippen LogP contribution in [-0.4, -0.2) is 43.0 Å². The van der Waals surface area contributed by atoms with Crippen LogP contribution in [0.1, 0.15) is 37.5 Å². The lowest BCUT2D eigenvalue weighted by molar-refractivity contribution is -0.602. The lowest BCUT2D eigenvalue weighted by Crippen LogP contribution is -2.40. The van der Waals surface area contributed by atoms with E-state index in [4.69, 9.17) is 4.74 Å². The van der Waals surface area contributed by atoms with Crippen molar-refractivity contribution in [3.8, 4) is 11.3 Å². The second-order valence-corrected chi connectivity index (χ2v) is 8.23. The normalized spacial score (nSPS) is 15.2. The molecule has 174 valence electrons. The highest BCUT2D eigenvalue weighted by molar-refractivity contribution is 5.99. The number of hydrogen-bond acceptors (Lipinski definition) is 4. The molecule has 2 amide bonds. The Hall–Kier alpha value is -3.85. The maximum atomic E-state index is 14.5. The van der Waals surface area contributed by atoms with Crippen LogP contribution >= 0.6 is 0 Å². The average Bonchev–Trinajstić information content (AvgIpc) is 3.24. The molecular formula is C25H21F2N3O4. The first-order valence-corrected chi connectivity index (χ1v) is 10.9. The van der Waals surface area contributed by atoms with Gasteiger partial charge in [-0.1, -0.05) is 18.2 Å². The van der Waals surface area contributed by atoms with Crippen molar-refractivity contribution < 1.29 is 27.8 Å². The van der Waals surface area contributed by atoms with Crippen molar-refractivity contribution in [2.45, 2.75) is 13.0 Å². The number of carbonyl (C=O) groups is 2. The maximum Gasteiger partial charge on any atom is 0.258 e. The summed E-state index contributed by atoms with van der Waals surface area (Å²) in [6, 6.07) is 11.7. The van der Waals surface area contributed by atoms with Gasteiger partial charge in [-0.15, -0.1) is 0 Å². The van der Waals surface area contributed by atoms with Crippen molar-refractivity contribution in [1.29, 1.82) is 0 Å². The summed E-state index contributed by atoms with van der Waals surface area (Å²) in [5.74, 6) is -2.22. The highest BCUT2D eigenvalue weighted by Gasteiger charge is 2.34. The molecule has 0 unspecified atom stereocenters. The molecule has 2 aliphatic heterocycles. The van der Waals surface area contributed by atoms with Gasteiger partial charge in [0.1, 0.15) is 29.3 Å². The lowest BCUT2D eigenvalue weighted by Gasteiger charge is -2.26. The zero-order valence-corrected chi connectivity index (χ0v) is 18.1. The van der Waals surface area contributed by atoms with Gasteiger partial charge in [0.15, 0.2) is 0 Å². The van der Waals surface area contributed by atoms with Crippen molar-refractivity contribution in [3.63, 3.8) is 0 Å². The van der Waals surface area contributed by atoms with Crippen LogP contribution in [-0.2, 0) is 17.7 Å². The molecule has 9 heteroatoms. The van der Waals surface area contributed by atoms with Gasteiger partial charge < -0.3 is 20.2 Å². The van der Waals surface area contributed by atoms with Gasteiger partial charge in [-0.05, 0) is 41.8 Å². The number of hydrogen-bond donors (Lipinski definition) is 1. The van der Waals surface area contributed by atoms with Gasteiger partial charge in [-0.25, -0.2) is 8.78 Å². The quantitative estimate of drug-likeness (QED) is 0.474. The van der Waals surface area contributed by atoms with Gasteiger partial charge in [0.05, 0.1) is 13.2 Å². The number of benzene rings is 2. The molecule has 3 aromatic rings. The summed E-state index contributed by atoms with van der Waals surface area (Å²) < 4.78 is 34.6. The first kappa shape index (κ1) is 22.0. The number of morpholine rings is 1. The van der Waals surface area contributed by atoms with Gasteiger partial charge in [0.2, 0.25) is 11.4 Å². The largest absolute Gasteiger partial charge is 0.618 e. The molecule has 0 spiro atoms. The number of amides is 2. The summed E-state index contributed by atoms with van der Waals surface area (Å²) in [7, 11) is 0. The van der Waals surface area contributed by atoms with E-state index in [2.05, 4.69) is 5.32 Å². The molecule has 2 aliphatic rings. The highest BCUT2D eigenvalue weighted by atomic mass is 19.1. The van der Waals surface area contributed by atoms with Gasteiger partial charge in [-0.3, -0.25) is 9.59 Å². The summed E-state index contributed by atoms with van der Waals surface area (Å²) in [6.45, 7) is 2.07. The van der Waals surface area contributed by atoms with Crippen LogP contribution in [0.15, 0.2) is 48.5 Å². The highest BCUT2D eigenvalue weighted by Crippen LogP contribution is 2.29. The van der Waals surface area contributed by atoms with E-state index in [1.54, 1.807) is 29.2 Å². The molecule has 2 aromatic carbocycles. The summed E-state index contributed by atoms with van der Waals surface area (Å²) in [4.78, 5) is 26.9. The Labute approximate surface area is 194 Å². The van der Waals surface area contributed by atoms with Crippen LogP contribution in [0.2, 0.25) is 0 Å². The third kappa shape index (κ3) is 3.88. The fourth-order valence-corrected chi connectivity index (χ4v) is 4.41. The van der Waals surface area contributed by atoms with Crippen molar-refractivity contribution in [3.05, 3.63) is 93.3 Å². The molecule has 0 radical (unpaired) electrons. The molecular weight excluding hydrogens is 444 g/mol. The van der Waals surface area contributed by atoms with E-state index in [0.717, 1.165) is 17.7 Å². The van der Waals surface area contributed by atoms with E-state index in [9.17, 15) is 23.6 Å². The number of fused-ring (bicyclic) bond motifs is 1. The van der Waals surface area contributed by atoms with E-state index >= 15 is 0 Å². The Bertz CT molecular complexity index is 1270. The summed E-state index contributed by atoms with van der Waals surface area (Å²) in [6.07, 6.45) is 0.242. The standard InChI is InChI=1S/C25H21F2N3O4/c26-18-2-1-3-19(27)23(18)20-13-17(22-21(30(20)33)14-28-24(22)31)12-15-4-6-16(7-5-15)25(32)29-8-10-34-11-9-29/h1-7,13H,8-12,14H2,(H,28,31). The van der Waals surface area contributed by atoms with Crippen LogP contribution in [0, 0.1) is 16.8 Å². The van der Waals surface area contributed by atoms with Crippen molar-refractivity contribution in [2.75, 3.05) is 26.3 Å². The number of rotatable bonds is 4. The molecule has 1 saturated heterocycles. The number of halogens is 2. The Morgan fingerprint density at radius 1 is 1.06 bits per heavy atom. The fourth-order valence-electron chi connectivity index (χ4n) is 4.41. The number of carbonyl (C=O) groups excluding carboxylic acids is 2. The molecule has 0 aliphatic carbocycles. The predicted molar refractivity (Wildman–Crippen MR) is 118 cm³/mol. The number of pyridine rings is 1. The predicted octanol–water partition coefficient (Wildman–Crippen LogP) is 2.57. The minimum absolute atomic E-state index is 0.0262. The molecule has 0 bridgehead atoms. The monoisotopic (exact) mass is 465 g/mol. The molecule has 5 rings (SSSR count). The van der Waals surface area contributed by atoms with Crippen LogP contribution in [0.25, 0.3) is 11.3 Å². The van der Waals surface area contributed by atoms with E-state index in [0.29, 0.717) is 42.2 Å². The second kappa shape index (κ2) is 8.83. The average molecular weight is 465 g/mol. The van der Waals surface area contributed by atoms with E-state index < -0.39 is 23.1 Å². The van der Waals surface area contributed by atoms with Crippen molar-refractivity contribution >= 4 is 11.8 Å². The van der Waals surface area contributed by atoms with Gasteiger partial charge in [-0.2, -0.15) is 4.73 Å². The SMILES string of the molecule is O=C1NCc2c1c(Cc1ccc(C(=O)N3CCOCC3)cc1)cc(-c1c(F)cccc1F)[n+]2[O-]. The zero-order chi connectivity index (χ0) is 23.8. The van der Waals surface area contributed by atoms with Crippen LogP contribution < -0.4 is 10.0 Å². The van der Waals surface area contributed by atoms with Crippen LogP contribution in [0.4, 0.5) is 8.78 Å². The van der Waals surface area contributed by atoms with E-state index in [1.807, 2.05) is 0 Å². The Kier molecular flexibility index (Phi) is 5.70. The fraction of sp³-hybridized carbons (Fsp3) is 0.240. The number of aromatic nitrogens is 1. The third-order valence-corrected chi connectivity index (χ3v) is 6.14. The Morgan fingerprint density at radius 3 is 2.41 bits per heavy atom. The van der Waals surface area contributed by atoms with Crippen molar-refractivity contribution in [2.24, 2.45) is 0 Å². The number of nitrogens with one attached hydrogen (secondary N) is 1. The Balaban J connectivity index is 1.50. The third-order valence-electron chi connectivity index (χ3n) is 6.14. The minimum Gasteiger partial charge on any atom is -0.618 e. The summed E-state index contributed by atoms with van der Waals surface area (Å²) >= 11 is 0. The first-order chi connectivity index (χ1) is 16.4. The lowest BCUT2D eigenvalue weighted by atomic mass is 9.96. The molecule has 1 aromatic heterocycles. The van der Waals surface area contributed by atoms with Gasteiger partial charge >= 0.3 is 0 Å². The molecule has 1 N–H and O–H groups in total. The Morgan fingerprint density at radius 2 is 1.74 bits per heavy atom. The first-order valence-electron chi connectivity index (χ1n) is 10.9. The van der Waals surface area contributed by atoms with Crippen molar-refractivity contribution in [1.82, 2.24) is 10.2 Å². The molecule has 1 fully saturated rings. The van der Waals surface area contributed by atoms with Crippen LogP contribution in [0.5, 0.6) is 0 Å². The zero-order valence-electron chi connectivity index (χ0n) is 18.1. The molecule has 3 heterocycles. The maximum absolute atomic E-state index is 14.5. The number of nitrogens with zero attached hydrogens (tertiary/aromatic N) is 2. The van der Waals surface area contributed by atoms with E-state index in [1.165, 1.54) is 12.1 Å². The smallest absolute Gasteiger partial charge is 0.258 e. The minimum atomic E-state index is -0.862. The molecule has 0 atom stereocenters. The van der Waals surface area contributed by atoms with Crippen LogP contribution in [0.3, 0.4) is 0 Å². The van der Waals surface area contributed by atoms with Gasteiger partial charge in [0.25, 0.3) is 11.8 Å². The van der Waals surface area contributed by atoms with E-state index in [-0.39, 0.29) is 35.8 Å². The van der Waals surface area contributed by atoms with Gasteiger partial charge in [0, 0.05) is 24.7 Å².